The summed E-state index contributed by atoms with van der Waals surface area (Å²) >= 11 is 6.10. The molecule has 2 aromatic carbocycles. The number of anilines is 1. The molecule has 0 radical (unpaired) electrons. The van der Waals surface area contributed by atoms with Crippen LogP contribution in [0.5, 0.6) is 0 Å². The van der Waals surface area contributed by atoms with E-state index in [1.54, 1.807) is 6.07 Å². The number of rotatable bonds is 4. The first-order valence-corrected chi connectivity index (χ1v) is 10.3. The van der Waals surface area contributed by atoms with E-state index in [2.05, 4.69) is 9.64 Å². The van der Waals surface area contributed by atoms with Gasteiger partial charge in [0.15, 0.2) is 0 Å². The molecule has 3 rings (SSSR count). The molecule has 0 aromatic heterocycles. The van der Waals surface area contributed by atoms with Gasteiger partial charge in [-0.3, -0.25) is 0 Å². The number of piperazine rings is 1. The van der Waals surface area contributed by atoms with Crippen LogP contribution in [0.3, 0.4) is 0 Å². The molecule has 0 bridgehead atoms. The van der Waals surface area contributed by atoms with Gasteiger partial charge in [-0.2, -0.15) is 4.31 Å². The zero-order valence-electron chi connectivity index (χ0n) is 15.2. The Morgan fingerprint density at radius 3 is 2.44 bits per heavy atom. The van der Waals surface area contributed by atoms with Gasteiger partial charge in [0, 0.05) is 36.9 Å². The number of esters is 1. The molecule has 2 aromatic rings. The Bertz CT molecular complexity index is 954. The van der Waals surface area contributed by atoms with Gasteiger partial charge in [-0.25, -0.2) is 13.2 Å². The lowest BCUT2D eigenvalue weighted by Gasteiger charge is -2.36. The number of methoxy groups -OCH3 is 1. The molecule has 8 heteroatoms. The van der Waals surface area contributed by atoms with Crippen molar-refractivity contribution in [3.8, 4) is 0 Å². The molecule has 1 heterocycles. The van der Waals surface area contributed by atoms with Gasteiger partial charge in [-0.15, -0.1) is 0 Å². The monoisotopic (exact) mass is 408 g/mol. The highest BCUT2D eigenvalue weighted by Crippen LogP contribution is 2.27. The van der Waals surface area contributed by atoms with Crippen molar-refractivity contribution < 1.29 is 17.9 Å². The van der Waals surface area contributed by atoms with Crippen molar-refractivity contribution in [2.24, 2.45) is 0 Å². The van der Waals surface area contributed by atoms with E-state index in [1.807, 2.05) is 25.1 Å². The van der Waals surface area contributed by atoms with E-state index in [4.69, 9.17) is 11.6 Å². The van der Waals surface area contributed by atoms with Gasteiger partial charge >= 0.3 is 5.97 Å². The largest absolute Gasteiger partial charge is 0.465 e. The van der Waals surface area contributed by atoms with Crippen LogP contribution in [0.15, 0.2) is 47.4 Å². The van der Waals surface area contributed by atoms with E-state index in [1.165, 1.54) is 29.6 Å². The highest BCUT2D eigenvalue weighted by Gasteiger charge is 2.29. The number of sulfonamides is 1. The van der Waals surface area contributed by atoms with Crippen LogP contribution in [-0.2, 0) is 14.8 Å². The first-order chi connectivity index (χ1) is 12.8. The Morgan fingerprint density at radius 2 is 1.78 bits per heavy atom. The third-order valence-electron chi connectivity index (χ3n) is 4.64. The van der Waals surface area contributed by atoms with Gasteiger partial charge < -0.3 is 9.64 Å². The zero-order chi connectivity index (χ0) is 19.6. The summed E-state index contributed by atoms with van der Waals surface area (Å²) in [5.74, 6) is -0.562. The Hall–Kier alpha value is -2.09. The normalized spacial score (nSPS) is 15.6. The second kappa shape index (κ2) is 7.88. The molecular formula is C19H21ClN2O4S. The summed E-state index contributed by atoms with van der Waals surface area (Å²) in [4.78, 5) is 13.9. The van der Waals surface area contributed by atoms with Crippen LogP contribution in [0.1, 0.15) is 15.9 Å². The lowest BCUT2D eigenvalue weighted by atomic mass is 10.1. The van der Waals surface area contributed by atoms with Crippen LogP contribution < -0.4 is 4.90 Å². The number of hydrogen-bond donors (Lipinski definition) is 0. The van der Waals surface area contributed by atoms with Crippen LogP contribution in [-0.4, -0.2) is 52.0 Å². The molecule has 1 fully saturated rings. The standard InChI is InChI=1S/C19H21ClN2O4S/c1-14-6-7-16(20)13-18(14)21-8-10-22(11-9-21)27(24,25)17-5-3-4-15(12-17)19(23)26-2/h3-7,12-13H,8-11H2,1-2H3. The van der Waals surface area contributed by atoms with Crippen LogP contribution in [0.2, 0.25) is 5.02 Å². The smallest absolute Gasteiger partial charge is 0.337 e. The minimum atomic E-state index is -3.68. The van der Waals surface area contributed by atoms with E-state index in [-0.39, 0.29) is 10.5 Å². The molecule has 0 saturated carbocycles. The number of hydrogen-bond acceptors (Lipinski definition) is 5. The molecule has 0 atom stereocenters. The van der Waals surface area contributed by atoms with Gasteiger partial charge in [0.25, 0.3) is 0 Å². The lowest BCUT2D eigenvalue weighted by molar-refractivity contribution is 0.0600. The molecule has 144 valence electrons. The second-order valence-electron chi connectivity index (χ2n) is 6.34. The topological polar surface area (TPSA) is 66.9 Å². The van der Waals surface area contributed by atoms with Crippen molar-refractivity contribution >= 4 is 33.3 Å². The molecule has 1 aliphatic rings. The number of nitrogens with zero attached hydrogens (tertiary/aromatic N) is 2. The quantitative estimate of drug-likeness (QED) is 0.727. The SMILES string of the molecule is COC(=O)c1cccc(S(=O)(=O)N2CCN(c3cc(Cl)ccc3C)CC2)c1. The molecule has 1 aliphatic heterocycles. The molecule has 0 N–H and O–H groups in total. The molecule has 0 spiro atoms. The third kappa shape index (κ3) is 4.10. The van der Waals surface area contributed by atoms with E-state index >= 15 is 0 Å². The highest BCUT2D eigenvalue weighted by atomic mass is 35.5. The molecule has 0 aliphatic carbocycles. The fraction of sp³-hybridized carbons (Fsp3) is 0.316. The van der Waals surface area contributed by atoms with Crippen LogP contribution >= 0.6 is 11.6 Å². The van der Waals surface area contributed by atoms with Gasteiger partial charge in [-0.1, -0.05) is 23.7 Å². The van der Waals surface area contributed by atoms with Crippen molar-refractivity contribution in [1.82, 2.24) is 4.31 Å². The average Bonchev–Trinajstić information content (AvgIpc) is 2.69. The summed E-state index contributed by atoms with van der Waals surface area (Å²) in [6.07, 6.45) is 0. The maximum absolute atomic E-state index is 12.9. The van der Waals surface area contributed by atoms with Crippen molar-refractivity contribution in [2.45, 2.75) is 11.8 Å². The van der Waals surface area contributed by atoms with E-state index in [9.17, 15) is 13.2 Å². The van der Waals surface area contributed by atoms with Gasteiger partial charge in [0.1, 0.15) is 0 Å². The van der Waals surface area contributed by atoms with Gasteiger partial charge in [-0.05, 0) is 42.8 Å². The Kier molecular flexibility index (Phi) is 5.74. The number of benzene rings is 2. The summed E-state index contributed by atoms with van der Waals surface area (Å²) in [7, 11) is -2.41. The Labute approximate surface area is 164 Å². The number of aryl methyl sites for hydroxylation is 1. The number of carbonyl (C=O) groups excluding carboxylic acids is 1. The molecule has 0 amide bonds. The molecule has 0 unspecified atom stereocenters. The van der Waals surface area contributed by atoms with Crippen molar-refractivity contribution in [2.75, 3.05) is 38.2 Å². The zero-order valence-corrected chi connectivity index (χ0v) is 16.8. The fourth-order valence-corrected chi connectivity index (χ4v) is 4.78. The van der Waals surface area contributed by atoms with Crippen molar-refractivity contribution in [3.05, 3.63) is 58.6 Å². The maximum atomic E-state index is 12.9. The summed E-state index contributed by atoms with van der Waals surface area (Å²) in [6, 6.07) is 11.6. The Balaban J connectivity index is 1.77. The molecular weight excluding hydrogens is 388 g/mol. The second-order valence-corrected chi connectivity index (χ2v) is 8.72. The first-order valence-electron chi connectivity index (χ1n) is 8.52. The molecule has 1 saturated heterocycles. The lowest BCUT2D eigenvalue weighted by Crippen LogP contribution is -2.48. The Morgan fingerprint density at radius 1 is 1.07 bits per heavy atom. The predicted octanol–water partition coefficient (Wildman–Crippen LogP) is 2.95. The molecule has 27 heavy (non-hydrogen) atoms. The fourth-order valence-electron chi connectivity index (χ4n) is 3.14. The third-order valence-corrected chi connectivity index (χ3v) is 6.77. The summed E-state index contributed by atoms with van der Waals surface area (Å²) in [5.41, 5.74) is 2.33. The minimum Gasteiger partial charge on any atom is -0.465 e. The predicted molar refractivity (Wildman–Crippen MR) is 105 cm³/mol. The molecule has 6 nitrogen and oxygen atoms in total. The van der Waals surface area contributed by atoms with Gasteiger partial charge in [0.2, 0.25) is 10.0 Å². The van der Waals surface area contributed by atoms with E-state index < -0.39 is 16.0 Å². The van der Waals surface area contributed by atoms with Crippen molar-refractivity contribution in [3.63, 3.8) is 0 Å². The summed E-state index contributed by atoms with van der Waals surface area (Å²) in [6.45, 7) is 3.86. The van der Waals surface area contributed by atoms with Gasteiger partial charge in [0.05, 0.1) is 17.6 Å². The highest BCUT2D eigenvalue weighted by molar-refractivity contribution is 7.89. The van der Waals surface area contributed by atoms with Crippen LogP contribution in [0.25, 0.3) is 0 Å². The number of carbonyl (C=O) groups is 1. The first kappa shape index (κ1) is 19.7. The van der Waals surface area contributed by atoms with Crippen LogP contribution in [0.4, 0.5) is 5.69 Å². The van der Waals surface area contributed by atoms with Crippen LogP contribution in [0, 0.1) is 6.92 Å². The summed E-state index contributed by atoms with van der Waals surface area (Å²) in [5, 5.41) is 0.658. The van der Waals surface area contributed by atoms with Crippen molar-refractivity contribution in [1.29, 1.82) is 0 Å². The van der Waals surface area contributed by atoms with E-state index in [0.29, 0.717) is 31.2 Å². The maximum Gasteiger partial charge on any atom is 0.337 e. The minimum absolute atomic E-state index is 0.0952. The average molecular weight is 409 g/mol. The van der Waals surface area contributed by atoms with E-state index in [0.717, 1.165) is 11.3 Å². The summed E-state index contributed by atoms with van der Waals surface area (Å²) < 4.78 is 32.0. The number of halogens is 1. The number of ether oxygens (including phenoxy) is 1.